The van der Waals surface area contributed by atoms with Crippen LogP contribution in [0.5, 0.6) is 0 Å². The highest BCUT2D eigenvalue weighted by molar-refractivity contribution is 6.31. The van der Waals surface area contributed by atoms with Crippen LogP contribution in [0.25, 0.3) is 10.8 Å². The second-order valence-corrected chi connectivity index (χ2v) is 7.29. The number of ether oxygens (including phenoxy) is 1. The molecule has 9 heteroatoms. The van der Waals surface area contributed by atoms with Gasteiger partial charge >= 0.3 is 5.97 Å². The third-order valence-electron chi connectivity index (χ3n) is 4.57. The first-order valence-electron chi connectivity index (χ1n) is 9.82. The summed E-state index contributed by atoms with van der Waals surface area (Å²) in [5, 5.41) is 7.23. The van der Waals surface area contributed by atoms with E-state index in [2.05, 4.69) is 10.4 Å². The summed E-state index contributed by atoms with van der Waals surface area (Å²) in [7, 11) is 0. The first kappa shape index (κ1) is 22.4. The molecular weight excluding hydrogens is 425 g/mol. The molecule has 31 heavy (non-hydrogen) atoms. The molecule has 0 aliphatic rings. The van der Waals surface area contributed by atoms with Crippen molar-refractivity contribution in [3.63, 3.8) is 0 Å². The molecule has 0 saturated heterocycles. The van der Waals surface area contributed by atoms with Gasteiger partial charge in [-0.3, -0.25) is 9.59 Å². The molecule has 0 aliphatic heterocycles. The quantitative estimate of drug-likeness (QED) is 0.415. The lowest BCUT2D eigenvalue weighted by Gasteiger charge is -2.11. The van der Waals surface area contributed by atoms with Gasteiger partial charge in [-0.15, -0.1) is 0 Å². The summed E-state index contributed by atoms with van der Waals surface area (Å²) in [6, 6.07) is 10.3. The molecule has 1 aromatic heterocycles. The summed E-state index contributed by atoms with van der Waals surface area (Å²) in [5.41, 5.74) is -0.0565. The number of aryl methyl sites for hydroxylation is 1. The number of esters is 1. The summed E-state index contributed by atoms with van der Waals surface area (Å²) < 4.78 is 19.6. The zero-order valence-corrected chi connectivity index (χ0v) is 17.6. The number of unbranched alkanes of at least 4 members (excludes halogenated alkanes) is 2. The van der Waals surface area contributed by atoms with Crippen molar-refractivity contribution >= 4 is 39.9 Å². The van der Waals surface area contributed by atoms with Crippen LogP contribution in [0.1, 0.15) is 36.7 Å². The number of carbonyl (C=O) groups excluding carboxylic acids is 2. The second kappa shape index (κ2) is 10.2. The smallest absolute Gasteiger partial charge is 0.359 e. The third kappa shape index (κ3) is 5.46. The average Bonchev–Trinajstić information content (AvgIpc) is 2.76. The number of fused-ring (bicyclic) bond motifs is 1. The van der Waals surface area contributed by atoms with Gasteiger partial charge < -0.3 is 10.1 Å². The minimum atomic E-state index is -0.826. The third-order valence-corrected chi connectivity index (χ3v) is 4.86. The Hall–Kier alpha value is -3.26. The highest BCUT2D eigenvalue weighted by atomic mass is 35.5. The lowest BCUT2D eigenvalue weighted by molar-refractivity contribution is -0.119. The molecular formula is C22H21ClFN3O4. The van der Waals surface area contributed by atoms with Gasteiger partial charge in [-0.25, -0.2) is 13.9 Å². The van der Waals surface area contributed by atoms with E-state index in [9.17, 15) is 18.8 Å². The van der Waals surface area contributed by atoms with E-state index in [-0.39, 0.29) is 22.0 Å². The normalized spacial score (nSPS) is 10.8. The van der Waals surface area contributed by atoms with Gasteiger partial charge in [0, 0.05) is 17.6 Å². The molecule has 0 aliphatic carbocycles. The van der Waals surface area contributed by atoms with Gasteiger partial charge in [-0.05, 0) is 30.7 Å². The SMILES string of the molecule is CCCCCn1nc(C(=O)OCC(=O)Nc2ccc(F)c(Cl)c2)c2ccccc2c1=O. The summed E-state index contributed by atoms with van der Waals surface area (Å²) in [4.78, 5) is 37.4. The van der Waals surface area contributed by atoms with Crippen LogP contribution in [-0.4, -0.2) is 28.3 Å². The molecule has 0 atom stereocenters. The van der Waals surface area contributed by atoms with E-state index in [1.165, 1.54) is 16.8 Å². The van der Waals surface area contributed by atoms with Crippen molar-refractivity contribution < 1.29 is 18.7 Å². The molecule has 3 rings (SSSR count). The molecule has 7 nitrogen and oxygen atoms in total. The number of benzene rings is 2. The van der Waals surface area contributed by atoms with Crippen LogP contribution < -0.4 is 10.9 Å². The molecule has 0 spiro atoms. The first-order valence-corrected chi connectivity index (χ1v) is 10.2. The topological polar surface area (TPSA) is 90.3 Å². The number of halogens is 2. The van der Waals surface area contributed by atoms with Gasteiger partial charge in [-0.2, -0.15) is 5.10 Å². The van der Waals surface area contributed by atoms with Crippen LogP contribution in [0.15, 0.2) is 47.3 Å². The largest absolute Gasteiger partial charge is 0.451 e. The van der Waals surface area contributed by atoms with Crippen molar-refractivity contribution in [2.75, 3.05) is 11.9 Å². The minimum Gasteiger partial charge on any atom is -0.451 e. The van der Waals surface area contributed by atoms with Crippen LogP contribution in [0.4, 0.5) is 10.1 Å². The molecule has 2 aromatic carbocycles. The fourth-order valence-electron chi connectivity index (χ4n) is 3.02. The van der Waals surface area contributed by atoms with Crippen LogP contribution in [0.2, 0.25) is 5.02 Å². The zero-order valence-electron chi connectivity index (χ0n) is 16.9. The Morgan fingerprint density at radius 2 is 1.90 bits per heavy atom. The molecule has 0 radical (unpaired) electrons. The molecule has 0 saturated carbocycles. The maximum Gasteiger partial charge on any atom is 0.359 e. The predicted octanol–water partition coefficient (Wildman–Crippen LogP) is 4.17. The Labute approximate surface area is 182 Å². The maximum absolute atomic E-state index is 13.2. The van der Waals surface area contributed by atoms with Gasteiger partial charge in [0.25, 0.3) is 11.5 Å². The van der Waals surface area contributed by atoms with Crippen molar-refractivity contribution in [1.29, 1.82) is 0 Å². The summed E-state index contributed by atoms with van der Waals surface area (Å²) in [6.07, 6.45) is 2.65. The van der Waals surface area contributed by atoms with E-state index >= 15 is 0 Å². The lowest BCUT2D eigenvalue weighted by Crippen LogP contribution is -2.28. The molecule has 0 fully saturated rings. The fourth-order valence-corrected chi connectivity index (χ4v) is 3.20. The number of carbonyl (C=O) groups is 2. The van der Waals surface area contributed by atoms with Gasteiger partial charge in [0.1, 0.15) is 5.82 Å². The van der Waals surface area contributed by atoms with E-state index in [0.717, 1.165) is 25.3 Å². The lowest BCUT2D eigenvalue weighted by atomic mass is 10.1. The molecule has 0 unspecified atom stereocenters. The highest BCUT2D eigenvalue weighted by Gasteiger charge is 2.19. The zero-order chi connectivity index (χ0) is 22.4. The number of hydrogen-bond acceptors (Lipinski definition) is 5. The monoisotopic (exact) mass is 445 g/mol. The van der Waals surface area contributed by atoms with E-state index in [1.54, 1.807) is 24.3 Å². The molecule has 162 valence electrons. The molecule has 0 bridgehead atoms. The van der Waals surface area contributed by atoms with E-state index in [4.69, 9.17) is 16.3 Å². The van der Waals surface area contributed by atoms with Crippen LogP contribution in [0.3, 0.4) is 0 Å². The fraction of sp³-hybridized carbons (Fsp3) is 0.273. The predicted molar refractivity (Wildman–Crippen MR) is 116 cm³/mol. The number of aromatic nitrogens is 2. The van der Waals surface area contributed by atoms with Crippen LogP contribution >= 0.6 is 11.6 Å². The van der Waals surface area contributed by atoms with Crippen molar-refractivity contribution in [1.82, 2.24) is 9.78 Å². The van der Waals surface area contributed by atoms with Gasteiger partial charge in [0.15, 0.2) is 12.3 Å². The van der Waals surface area contributed by atoms with Gasteiger partial charge in [0.2, 0.25) is 0 Å². The Morgan fingerprint density at radius 3 is 2.61 bits per heavy atom. The number of rotatable bonds is 8. The molecule has 1 heterocycles. The van der Waals surface area contributed by atoms with Crippen molar-refractivity contribution in [2.24, 2.45) is 0 Å². The first-order chi connectivity index (χ1) is 14.9. The minimum absolute atomic E-state index is 0.0377. The number of hydrogen-bond donors (Lipinski definition) is 1. The van der Waals surface area contributed by atoms with E-state index in [0.29, 0.717) is 17.3 Å². The summed E-state index contributed by atoms with van der Waals surface area (Å²) in [6.45, 7) is 1.84. The van der Waals surface area contributed by atoms with Gasteiger partial charge in [-0.1, -0.05) is 49.6 Å². The van der Waals surface area contributed by atoms with E-state index < -0.39 is 24.3 Å². The summed E-state index contributed by atoms with van der Waals surface area (Å²) >= 11 is 5.69. The Balaban J connectivity index is 1.76. The number of nitrogens with zero attached hydrogens (tertiary/aromatic N) is 2. The van der Waals surface area contributed by atoms with E-state index in [1.807, 2.05) is 6.92 Å². The van der Waals surface area contributed by atoms with Crippen LogP contribution in [-0.2, 0) is 16.1 Å². The molecule has 1 amide bonds. The Morgan fingerprint density at radius 1 is 1.16 bits per heavy atom. The van der Waals surface area contributed by atoms with Crippen molar-refractivity contribution in [3.05, 3.63) is 69.4 Å². The average molecular weight is 446 g/mol. The number of anilines is 1. The second-order valence-electron chi connectivity index (χ2n) is 6.88. The highest BCUT2D eigenvalue weighted by Crippen LogP contribution is 2.19. The molecule has 3 aromatic rings. The number of amides is 1. The summed E-state index contributed by atoms with van der Waals surface area (Å²) in [5.74, 6) is -2.07. The van der Waals surface area contributed by atoms with Crippen LogP contribution in [0, 0.1) is 5.82 Å². The Bertz CT molecular complexity index is 1180. The Kier molecular flexibility index (Phi) is 7.36. The molecule has 1 N–H and O–H groups in total. The number of nitrogens with one attached hydrogen (secondary N) is 1. The van der Waals surface area contributed by atoms with Crippen molar-refractivity contribution in [3.8, 4) is 0 Å². The standard InChI is InChI=1S/C22H21ClFN3O4/c1-2-3-6-11-27-21(29)16-8-5-4-7-15(16)20(26-27)22(30)31-13-19(28)25-14-9-10-18(24)17(23)12-14/h4-5,7-10,12H,2-3,6,11,13H2,1H3,(H,25,28). The maximum atomic E-state index is 13.2. The van der Waals surface area contributed by atoms with Gasteiger partial charge in [0.05, 0.1) is 10.4 Å². The van der Waals surface area contributed by atoms with Crippen molar-refractivity contribution in [2.45, 2.75) is 32.7 Å².